The smallest absolute Gasteiger partial charge is 0.133 e. The van der Waals surface area contributed by atoms with Crippen LogP contribution in [0.15, 0.2) is 17.4 Å². The highest BCUT2D eigenvalue weighted by molar-refractivity contribution is 7.85. The highest BCUT2D eigenvalue weighted by atomic mass is 35.5. The molecule has 0 amide bonds. The van der Waals surface area contributed by atoms with Crippen molar-refractivity contribution in [3.63, 3.8) is 0 Å². The van der Waals surface area contributed by atoms with Gasteiger partial charge < -0.3 is 5.32 Å². The Morgan fingerprint density at radius 3 is 3.06 bits per heavy atom. The van der Waals surface area contributed by atoms with Crippen LogP contribution in [0, 0.1) is 0 Å². The van der Waals surface area contributed by atoms with Crippen LogP contribution in [-0.4, -0.2) is 32.5 Å². The van der Waals surface area contributed by atoms with Gasteiger partial charge in [-0.1, -0.05) is 18.0 Å². The van der Waals surface area contributed by atoms with E-state index < -0.39 is 10.8 Å². The minimum absolute atomic E-state index is 0.336. The Morgan fingerprint density at radius 1 is 1.50 bits per heavy atom. The maximum Gasteiger partial charge on any atom is 0.133 e. The molecule has 1 fully saturated rings. The topological polar surface area (TPSA) is 54.9 Å². The molecule has 1 N–H and O–H groups in total. The van der Waals surface area contributed by atoms with Gasteiger partial charge in [-0.2, -0.15) is 0 Å². The van der Waals surface area contributed by atoms with E-state index in [2.05, 4.69) is 15.3 Å². The summed E-state index contributed by atoms with van der Waals surface area (Å²) in [7, 11) is -1.09. The lowest BCUT2D eigenvalue weighted by molar-refractivity contribution is 0.427. The van der Waals surface area contributed by atoms with E-state index in [1.54, 1.807) is 6.07 Å². The van der Waals surface area contributed by atoms with Gasteiger partial charge in [-0.05, 0) is 19.4 Å². The quantitative estimate of drug-likeness (QED) is 0.834. The Kier molecular flexibility index (Phi) is 4.26. The Morgan fingerprint density at radius 2 is 2.38 bits per heavy atom. The van der Waals surface area contributed by atoms with Gasteiger partial charge in [-0.3, -0.25) is 4.21 Å². The van der Waals surface area contributed by atoms with E-state index in [0.717, 1.165) is 13.0 Å². The van der Waals surface area contributed by atoms with E-state index >= 15 is 0 Å². The van der Waals surface area contributed by atoms with Crippen molar-refractivity contribution in [2.75, 3.05) is 12.3 Å². The first-order valence-corrected chi connectivity index (χ1v) is 7.05. The number of halogens is 1. The van der Waals surface area contributed by atoms with Gasteiger partial charge in [0.05, 0.1) is 10.8 Å². The number of rotatable bonds is 3. The Labute approximate surface area is 102 Å². The molecular weight excluding hydrogens is 246 g/mol. The molecule has 1 saturated heterocycles. The number of piperidine rings is 1. The van der Waals surface area contributed by atoms with Gasteiger partial charge in [-0.25, -0.2) is 9.97 Å². The predicted molar refractivity (Wildman–Crippen MR) is 64.0 cm³/mol. The maximum atomic E-state index is 12.0. The molecule has 2 atom stereocenters. The fraction of sp³-hybridized carbons (Fsp3) is 0.600. The molecule has 1 aliphatic heterocycles. The minimum atomic E-state index is -1.09. The van der Waals surface area contributed by atoms with Gasteiger partial charge in [0.15, 0.2) is 0 Å². The van der Waals surface area contributed by atoms with Gasteiger partial charge in [0, 0.05) is 17.9 Å². The van der Waals surface area contributed by atoms with Crippen LogP contribution in [0.2, 0.25) is 5.15 Å². The van der Waals surface area contributed by atoms with Crippen LogP contribution >= 0.6 is 11.6 Å². The molecule has 0 radical (unpaired) electrons. The molecule has 0 aromatic carbocycles. The van der Waals surface area contributed by atoms with Gasteiger partial charge >= 0.3 is 0 Å². The van der Waals surface area contributed by atoms with Crippen LogP contribution in [0.5, 0.6) is 0 Å². The molecule has 0 aliphatic carbocycles. The number of nitrogens with zero attached hydrogens (tertiary/aromatic N) is 2. The average molecular weight is 260 g/mol. The van der Waals surface area contributed by atoms with Crippen LogP contribution in [-0.2, 0) is 10.8 Å². The van der Waals surface area contributed by atoms with Crippen molar-refractivity contribution in [1.29, 1.82) is 0 Å². The second-order valence-electron chi connectivity index (χ2n) is 3.84. The van der Waals surface area contributed by atoms with Crippen LogP contribution in [0.3, 0.4) is 0 Å². The zero-order valence-corrected chi connectivity index (χ0v) is 10.4. The lowest BCUT2D eigenvalue weighted by Crippen LogP contribution is -2.38. The normalized spacial score (nSPS) is 22.9. The van der Waals surface area contributed by atoms with E-state index in [9.17, 15) is 4.21 Å². The van der Waals surface area contributed by atoms with Crippen LogP contribution < -0.4 is 5.32 Å². The largest absolute Gasteiger partial charge is 0.313 e. The number of hydrogen-bond donors (Lipinski definition) is 1. The molecule has 2 heterocycles. The SMILES string of the molecule is O=[S@](C[C@@H]1CCCCN1)c1cc(Cl)ncn1. The molecule has 0 unspecified atom stereocenters. The third kappa shape index (κ3) is 3.23. The van der Waals surface area contributed by atoms with E-state index in [4.69, 9.17) is 11.6 Å². The lowest BCUT2D eigenvalue weighted by Gasteiger charge is -2.22. The fourth-order valence-electron chi connectivity index (χ4n) is 1.78. The number of hydrogen-bond acceptors (Lipinski definition) is 4. The summed E-state index contributed by atoms with van der Waals surface area (Å²) in [4.78, 5) is 7.75. The highest BCUT2D eigenvalue weighted by Crippen LogP contribution is 2.13. The third-order valence-electron chi connectivity index (χ3n) is 2.61. The summed E-state index contributed by atoms with van der Waals surface area (Å²) in [5.41, 5.74) is 0. The summed E-state index contributed by atoms with van der Waals surface area (Å²) in [6.45, 7) is 1.02. The monoisotopic (exact) mass is 259 g/mol. The molecule has 1 aromatic heterocycles. The molecule has 0 bridgehead atoms. The summed E-state index contributed by atoms with van der Waals surface area (Å²) in [5, 5.41) is 4.23. The molecule has 0 saturated carbocycles. The molecule has 1 aliphatic rings. The lowest BCUT2D eigenvalue weighted by atomic mass is 10.1. The van der Waals surface area contributed by atoms with Gasteiger partial charge in [0.2, 0.25) is 0 Å². The Hall–Kier alpha value is -0.520. The average Bonchev–Trinajstić information content (AvgIpc) is 2.30. The van der Waals surface area contributed by atoms with E-state index in [1.165, 1.54) is 19.2 Å². The van der Waals surface area contributed by atoms with Gasteiger partial charge in [0.1, 0.15) is 16.5 Å². The van der Waals surface area contributed by atoms with Crippen LogP contribution in [0.4, 0.5) is 0 Å². The fourth-order valence-corrected chi connectivity index (χ4v) is 3.22. The zero-order valence-electron chi connectivity index (χ0n) is 8.86. The third-order valence-corrected chi connectivity index (χ3v) is 4.21. The zero-order chi connectivity index (χ0) is 11.4. The molecule has 4 nitrogen and oxygen atoms in total. The van der Waals surface area contributed by atoms with Crippen molar-refractivity contribution in [3.05, 3.63) is 17.5 Å². The summed E-state index contributed by atoms with van der Waals surface area (Å²) < 4.78 is 12.0. The second kappa shape index (κ2) is 5.70. The standard InChI is InChI=1S/C10H14ClN3OS/c11-9-5-10(14-7-13-9)16(15)6-8-3-1-2-4-12-8/h5,7-8,12H,1-4,6H2/t8-,16+/m0/s1. The second-order valence-corrected chi connectivity index (χ2v) is 5.67. The van der Waals surface area contributed by atoms with Gasteiger partial charge in [-0.15, -0.1) is 0 Å². The van der Waals surface area contributed by atoms with Crippen LogP contribution in [0.25, 0.3) is 0 Å². The Bertz CT molecular complexity index is 382. The number of aromatic nitrogens is 2. The Balaban J connectivity index is 1.97. The number of nitrogens with one attached hydrogen (secondary N) is 1. The van der Waals surface area contributed by atoms with Crippen molar-refractivity contribution in [2.24, 2.45) is 0 Å². The summed E-state index contributed by atoms with van der Waals surface area (Å²) in [5.74, 6) is 0.605. The first kappa shape index (κ1) is 12.0. The minimum Gasteiger partial charge on any atom is -0.313 e. The molecule has 1 aromatic rings. The molecule has 16 heavy (non-hydrogen) atoms. The van der Waals surface area contributed by atoms with E-state index in [-0.39, 0.29) is 0 Å². The van der Waals surface area contributed by atoms with Crippen molar-refractivity contribution >= 4 is 22.4 Å². The van der Waals surface area contributed by atoms with Crippen molar-refractivity contribution in [2.45, 2.75) is 30.3 Å². The first-order valence-electron chi connectivity index (χ1n) is 5.35. The predicted octanol–water partition coefficient (Wildman–Crippen LogP) is 1.38. The first-order chi connectivity index (χ1) is 7.75. The maximum absolute atomic E-state index is 12.0. The highest BCUT2D eigenvalue weighted by Gasteiger charge is 2.17. The van der Waals surface area contributed by atoms with E-state index in [1.807, 2.05) is 0 Å². The van der Waals surface area contributed by atoms with Crippen molar-refractivity contribution < 1.29 is 4.21 Å². The van der Waals surface area contributed by atoms with Crippen molar-refractivity contribution in [3.8, 4) is 0 Å². The molecule has 0 spiro atoms. The van der Waals surface area contributed by atoms with Gasteiger partial charge in [0.25, 0.3) is 0 Å². The summed E-state index contributed by atoms with van der Waals surface area (Å²) in [6.07, 6.45) is 4.86. The van der Waals surface area contributed by atoms with E-state index in [0.29, 0.717) is 22.0 Å². The molecular formula is C10H14ClN3OS. The van der Waals surface area contributed by atoms with Crippen molar-refractivity contribution in [1.82, 2.24) is 15.3 Å². The molecule has 88 valence electrons. The van der Waals surface area contributed by atoms with Crippen LogP contribution in [0.1, 0.15) is 19.3 Å². The molecule has 6 heteroatoms. The summed E-state index contributed by atoms with van der Waals surface area (Å²) in [6, 6.07) is 1.91. The summed E-state index contributed by atoms with van der Waals surface area (Å²) >= 11 is 5.73. The molecule has 2 rings (SSSR count).